The number of amides is 1. The molecular weight excluding hydrogens is 288 g/mol. The maximum Gasteiger partial charge on any atom is 0.408 e. The maximum atomic E-state index is 11.7. The van der Waals surface area contributed by atoms with Crippen molar-refractivity contribution in [2.24, 2.45) is 0 Å². The fourth-order valence-corrected chi connectivity index (χ4v) is 1.67. The molecule has 0 spiro atoms. The van der Waals surface area contributed by atoms with Crippen LogP contribution in [-0.4, -0.2) is 34.9 Å². The molecule has 0 heterocycles. The molecule has 1 aromatic rings. The number of aliphatic carboxylic acids is 1. The Hall–Kier alpha value is -2.44. The van der Waals surface area contributed by atoms with Gasteiger partial charge in [0, 0.05) is 0 Å². The molecule has 22 heavy (non-hydrogen) atoms. The van der Waals surface area contributed by atoms with Crippen molar-refractivity contribution < 1.29 is 24.2 Å². The third-order valence-electron chi connectivity index (χ3n) is 2.64. The molecule has 7 nitrogen and oxygen atoms in total. The first-order chi connectivity index (χ1) is 10.1. The summed E-state index contributed by atoms with van der Waals surface area (Å²) >= 11 is 0. The number of nitrogens with one attached hydrogen (secondary N) is 1. The summed E-state index contributed by atoms with van der Waals surface area (Å²) in [6, 6.07) is 5.45. The van der Waals surface area contributed by atoms with Crippen LogP contribution in [0, 0.1) is 0 Å². The van der Waals surface area contributed by atoms with Crippen LogP contribution >= 0.6 is 0 Å². The number of carboxylic acid groups (broad SMARTS) is 1. The van der Waals surface area contributed by atoms with Gasteiger partial charge in [-0.15, -0.1) is 0 Å². The molecule has 0 saturated heterocycles. The summed E-state index contributed by atoms with van der Waals surface area (Å²) in [7, 11) is 0. The van der Waals surface area contributed by atoms with Crippen LogP contribution in [0.5, 0.6) is 5.75 Å². The molecule has 1 amide bonds. The fourth-order valence-electron chi connectivity index (χ4n) is 1.67. The van der Waals surface area contributed by atoms with Crippen molar-refractivity contribution >= 4 is 17.7 Å². The van der Waals surface area contributed by atoms with E-state index in [1.165, 1.54) is 6.92 Å². The second kappa shape index (κ2) is 7.02. The molecule has 4 N–H and O–H groups in total. The Morgan fingerprint density at radius 1 is 1.27 bits per heavy atom. The zero-order chi connectivity index (χ0) is 16.9. The van der Waals surface area contributed by atoms with Gasteiger partial charge < -0.3 is 25.6 Å². The molecule has 0 aromatic heterocycles. The molecule has 0 radical (unpaired) electrons. The highest BCUT2D eigenvalue weighted by Crippen LogP contribution is 2.22. The summed E-state index contributed by atoms with van der Waals surface area (Å²) in [6.07, 6.45) is -1.66. The van der Waals surface area contributed by atoms with Gasteiger partial charge in [0.1, 0.15) is 17.5 Å². The van der Waals surface area contributed by atoms with Crippen molar-refractivity contribution in [2.45, 2.75) is 45.4 Å². The molecule has 0 fully saturated rings. The molecule has 0 aliphatic rings. The molecule has 0 aliphatic heterocycles. The van der Waals surface area contributed by atoms with E-state index in [9.17, 15) is 14.7 Å². The average Bonchev–Trinajstić information content (AvgIpc) is 2.36. The zero-order valence-corrected chi connectivity index (χ0v) is 13.1. The Morgan fingerprint density at radius 2 is 1.86 bits per heavy atom. The van der Waals surface area contributed by atoms with E-state index in [2.05, 4.69) is 5.32 Å². The van der Waals surface area contributed by atoms with E-state index in [1.807, 2.05) is 0 Å². The first kappa shape index (κ1) is 17.6. The molecule has 1 unspecified atom stereocenters. The summed E-state index contributed by atoms with van der Waals surface area (Å²) in [5.41, 5.74) is 5.41. The van der Waals surface area contributed by atoms with Gasteiger partial charge in [0.2, 0.25) is 0 Å². The van der Waals surface area contributed by atoms with Gasteiger partial charge in [-0.3, -0.25) is 0 Å². The summed E-state index contributed by atoms with van der Waals surface area (Å²) < 4.78 is 10.6. The molecule has 1 rings (SSSR count). The monoisotopic (exact) mass is 310 g/mol. The third-order valence-corrected chi connectivity index (χ3v) is 2.64. The van der Waals surface area contributed by atoms with Crippen molar-refractivity contribution in [3.8, 4) is 5.75 Å². The van der Waals surface area contributed by atoms with Gasteiger partial charge in [0.05, 0.1) is 5.69 Å². The zero-order valence-electron chi connectivity index (χ0n) is 13.1. The minimum atomic E-state index is -1.27. The van der Waals surface area contributed by atoms with Crippen LogP contribution in [0.1, 0.15) is 27.7 Å². The first-order valence-electron chi connectivity index (χ1n) is 6.83. The van der Waals surface area contributed by atoms with E-state index < -0.39 is 29.8 Å². The SMILES string of the molecule is CC(Oc1ccccc1N)[C@@H](NC(=O)OC(C)(C)C)C(=O)O. The maximum absolute atomic E-state index is 11.7. The second-order valence-corrected chi connectivity index (χ2v) is 5.82. The Morgan fingerprint density at radius 3 is 2.36 bits per heavy atom. The summed E-state index contributed by atoms with van der Waals surface area (Å²) in [4.78, 5) is 23.1. The van der Waals surface area contributed by atoms with E-state index in [-0.39, 0.29) is 0 Å². The Labute approximate surface area is 129 Å². The summed E-state index contributed by atoms with van der Waals surface area (Å²) in [5, 5.41) is 11.5. The van der Waals surface area contributed by atoms with E-state index in [4.69, 9.17) is 15.2 Å². The Balaban J connectivity index is 2.76. The van der Waals surface area contributed by atoms with Crippen LogP contribution in [0.4, 0.5) is 10.5 Å². The van der Waals surface area contributed by atoms with Gasteiger partial charge in [-0.2, -0.15) is 0 Å². The number of carboxylic acids is 1. The normalized spacial score (nSPS) is 13.8. The molecule has 7 heteroatoms. The van der Waals surface area contributed by atoms with Gasteiger partial charge in [0.25, 0.3) is 0 Å². The number of para-hydroxylation sites is 2. The van der Waals surface area contributed by atoms with Crippen LogP contribution in [0.2, 0.25) is 0 Å². The Kier molecular flexibility index (Phi) is 5.62. The predicted molar refractivity (Wildman–Crippen MR) is 81.7 cm³/mol. The highest BCUT2D eigenvalue weighted by Gasteiger charge is 2.30. The molecule has 2 atom stereocenters. The van der Waals surface area contributed by atoms with Gasteiger partial charge >= 0.3 is 12.1 Å². The van der Waals surface area contributed by atoms with E-state index in [1.54, 1.807) is 45.0 Å². The lowest BCUT2D eigenvalue weighted by Gasteiger charge is -2.25. The van der Waals surface area contributed by atoms with Gasteiger partial charge in [-0.1, -0.05) is 12.1 Å². The van der Waals surface area contributed by atoms with E-state index in [0.29, 0.717) is 11.4 Å². The second-order valence-electron chi connectivity index (χ2n) is 5.82. The number of hydrogen-bond donors (Lipinski definition) is 3. The highest BCUT2D eigenvalue weighted by atomic mass is 16.6. The number of nitrogen functional groups attached to an aromatic ring is 1. The third kappa shape index (κ3) is 5.51. The standard InChI is InChI=1S/C15H22N2O5/c1-9(21-11-8-6-5-7-10(11)16)12(13(18)19)17-14(20)22-15(2,3)4/h5-9,12H,16H2,1-4H3,(H,17,20)(H,18,19)/t9?,12-/m1/s1. The first-order valence-corrected chi connectivity index (χ1v) is 6.83. The number of alkyl carbamates (subject to hydrolysis) is 1. The lowest BCUT2D eigenvalue weighted by molar-refractivity contribution is -0.141. The topological polar surface area (TPSA) is 111 Å². The van der Waals surface area contributed by atoms with Crippen molar-refractivity contribution in [2.75, 3.05) is 5.73 Å². The number of hydrogen-bond acceptors (Lipinski definition) is 5. The number of ether oxygens (including phenoxy) is 2. The molecule has 0 bridgehead atoms. The van der Waals surface area contributed by atoms with Crippen LogP contribution in [-0.2, 0) is 9.53 Å². The van der Waals surface area contributed by atoms with Gasteiger partial charge in [-0.25, -0.2) is 9.59 Å². The van der Waals surface area contributed by atoms with Crippen LogP contribution in [0.15, 0.2) is 24.3 Å². The molecular formula is C15H22N2O5. The van der Waals surface area contributed by atoms with Crippen molar-refractivity contribution in [1.29, 1.82) is 0 Å². The predicted octanol–water partition coefficient (Wildman–Crippen LogP) is 2.01. The number of benzene rings is 1. The molecule has 1 aromatic carbocycles. The molecule has 0 aliphatic carbocycles. The van der Waals surface area contributed by atoms with E-state index in [0.717, 1.165) is 0 Å². The minimum absolute atomic E-state index is 0.354. The number of anilines is 1. The van der Waals surface area contributed by atoms with Gasteiger partial charge in [-0.05, 0) is 39.8 Å². The van der Waals surface area contributed by atoms with E-state index >= 15 is 0 Å². The highest BCUT2D eigenvalue weighted by molar-refractivity contribution is 5.80. The van der Waals surface area contributed by atoms with Crippen molar-refractivity contribution in [3.05, 3.63) is 24.3 Å². The quantitative estimate of drug-likeness (QED) is 0.717. The lowest BCUT2D eigenvalue weighted by atomic mass is 10.2. The van der Waals surface area contributed by atoms with Crippen LogP contribution in [0.25, 0.3) is 0 Å². The largest absolute Gasteiger partial charge is 0.486 e. The lowest BCUT2D eigenvalue weighted by Crippen LogP contribution is -2.51. The fraction of sp³-hybridized carbons (Fsp3) is 0.467. The Bertz CT molecular complexity index is 539. The minimum Gasteiger partial charge on any atom is -0.486 e. The average molecular weight is 310 g/mol. The smallest absolute Gasteiger partial charge is 0.408 e. The van der Waals surface area contributed by atoms with Crippen molar-refractivity contribution in [3.63, 3.8) is 0 Å². The summed E-state index contributed by atoms with van der Waals surface area (Å²) in [6.45, 7) is 6.59. The number of nitrogens with two attached hydrogens (primary N) is 1. The van der Waals surface area contributed by atoms with Crippen LogP contribution < -0.4 is 15.8 Å². The molecule has 0 saturated carbocycles. The van der Waals surface area contributed by atoms with Crippen LogP contribution in [0.3, 0.4) is 0 Å². The van der Waals surface area contributed by atoms with Gasteiger partial charge in [0.15, 0.2) is 6.04 Å². The summed E-state index contributed by atoms with van der Waals surface area (Å²) in [5.74, 6) is -0.875. The number of rotatable bonds is 5. The van der Waals surface area contributed by atoms with Crippen molar-refractivity contribution in [1.82, 2.24) is 5.32 Å². The number of carbonyl (C=O) groups is 2. The molecule has 122 valence electrons. The number of carbonyl (C=O) groups excluding carboxylic acids is 1.